The molecule has 2 amide bonds. The van der Waals surface area contributed by atoms with E-state index in [2.05, 4.69) is 15.6 Å². The van der Waals surface area contributed by atoms with E-state index in [4.69, 9.17) is 17.3 Å². The first kappa shape index (κ1) is 17.2. The summed E-state index contributed by atoms with van der Waals surface area (Å²) < 4.78 is 0. The molecule has 21 heavy (non-hydrogen) atoms. The van der Waals surface area contributed by atoms with Crippen molar-refractivity contribution < 1.29 is 9.59 Å². The van der Waals surface area contributed by atoms with Crippen molar-refractivity contribution in [3.05, 3.63) is 22.8 Å². The fraction of sp³-hybridized carbons (Fsp3) is 0.500. The van der Waals surface area contributed by atoms with Gasteiger partial charge >= 0.3 is 0 Å². The normalized spacial score (nSPS) is 11.0. The third-order valence-electron chi connectivity index (χ3n) is 2.71. The number of nitrogens with zero attached hydrogens (tertiary/aromatic N) is 1. The topological polar surface area (TPSA) is 97.1 Å². The summed E-state index contributed by atoms with van der Waals surface area (Å²) in [6, 6.07) is 1.54. The summed E-state index contributed by atoms with van der Waals surface area (Å²) in [7, 11) is 0. The van der Waals surface area contributed by atoms with Gasteiger partial charge in [0.05, 0.1) is 10.6 Å². The zero-order chi connectivity index (χ0) is 16.0. The first-order valence-corrected chi connectivity index (χ1v) is 7.13. The Morgan fingerprint density at radius 3 is 2.62 bits per heavy atom. The second-order valence-electron chi connectivity index (χ2n) is 5.46. The standard InChI is InChI=1S/C14H21ClN4O2/c1-4-5-17-12-10(15)6-9(8-18-12)13(21)19-14(2,3)7-11(16)20/h6,8H,4-5,7H2,1-3H3,(H2,16,20)(H,17,18)(H,19,21). The average molecular weight is 313 g/mol. The Bertz CT molecular complexity index is 532. The number of primary amides is 1. The summed E-state index contributed by atoms with van der Waals surface area (Å²) in [5, 5.41) is 6.18. The lowest BCUT2D eigenvalue weighted by Crippen LogP contribution is -2.46. The lowest BCUT2D eigenvalue weighted by Gasteiger charge is -2.24. The number of nitrogens with one attached hydrogen (secondary N) is 2. The average Bonchev–Trinajstić information content (AvgIpc) is 2.34. The van der Waals surface area contributed by atoms with E-state index < -0.39 is 11.4 Å². The van der Waals surface area contributed by atoms with Crippen LogP contribution in [-0.4, -0.2) is 28.9 Å². The van der Waals surface area contributed by atoms with Gasteiger partial charge in [0.2, 0.25) is 5.91 Å². The highest BCUT2D eigenvalue weighted by Crippen LogP contribution is 2.20. The molecular weight excluding hydrogens is 292 g/mol. The highest BCUT2D eigenvalue weighted by molar-refractivity contribution is 6.33. The van der Waals surface area contributed by atoms with Crippen LogP contribution >= 0.6 is 11.6 Å². The van der Waals surface area contributed by atoms with Crippen LogP contribution < -0.4 is 16.4 Å². The van der Waals surface area contributed by atoms with Crippen molar-refractivity contribution in [3.63, 3.8) is 0 Å². The van der Waals surface area contributed by atoms with Gasteiger partial charge in [-0.1, -0.05) is 18.5 Å². The Hall–Kier alpha value is -1.82. The molecule has 116 valence electrons. The van der Waals surface area contributed by atoms with Gasteiger partial charge in [-0.25, -0.2) is 4.98 Å². The second-order valence-corrected chi connectivity index (χ2v) is 5.87. The molecule has 1 aromatic rings. The Balaban J connectivity index is 2.79. The van der Waals surface area contributed by atoms with Crippen LogP contribution in [0, 0.1) is 0 Å². The van der Waals surface area contributed by atoms with Crippen LogP contribution in [0.25, 0.3) is 0 Å². The van der Waals surface area contributed by atoms with Gasteiger partial charge in [0, 0.05) is 24.7 Å². The van der Waals surface area contributed by atoms with Crippen molar-refractivity contribution in [2.24, 2.45) is 5.73 Å². The van der Waals surface area contributed by atoms with Gasteiger partial charge < -0.3 is 16.4 Å². The molecule has 7 heteroatoms. The van der Waals surface area contributed by atoms with Crippen LogP contribution in [0.1, 0.15) is 44.0 Å². The molecule has 0 unspecified atom stereocenters. The van der Waals surface area contributed by atoms with Crippen molar-refractivity contribution in [3.8, 4) is 0 Å². The molecule has 4 N–H and O–H groups in total. The van der Waals surface area contributed by atoms with Crippen LogP contribution in [0.3, 0.4) is 0 Å². The third-order valence-corrected chi connectivity index (χ3v) is 3.00. The number of pyridine rings is 1. The van der Waals surface area contributed by atoms with Crippen molar-refractivity contribution in [2.75, 3.05) is 11.9 Å². The number of hydrogen-bond donors (Lipinski definition) is 3. The summed E-state index contributed by atoms with van der Waals surface area (Å²) in [5.74, 6) is -0.278. The summed E-state index contributed by atoms with van der Waals surface area (Å²) in [4.78, 5) is 27.2. The highest BCUT2D eigenvalue weighted by atomic mass is 35.5. The molecule has 6 nitrogen and oxygen atoms in total. The number of amides is 2. The lowest BCUT2D eigenvalue weighted by atomic mass is 10.00. The van der Waals surface area contributed by atoms with Gasteiger partial charge in [-0.2, -0.15) is 0 Å². The molecule has 0 aliphatic heterocycles. The monoisotopic (exact) mass is 312 g/mol. The molecule has 1 aromatic heterocycles. The molecule has 0 aliphatic carbocycles. The zero-order valence-corrected chi connectivity index (χ0v) is 13.3. The van der Waals surface area contributed by atoms with Gasteiger partial charge in [-0.05, 0) is 26.3 Å². The summed E-state index contributed by atoms with van der Waals surface area (Å²) in [5.41, 5.74) is 4.76. The minimum Gasteiger partial charge on any atom is -0.370 e. The maximum absolute atomic E-state index is 12.1. The smallest absolute Gasteiger partial charge is 0.253 e. The van der Waals surface area contributed by atoms with Gasteiger partial charge in [0.15, 0.2) is 0 Å². The minimum atomic E-state index is -0.728. The molecule has 0 fully saturated rings. The molecule has 0 atom stereocenters. The first-order valence-electron chi connectivity index (χ1n) is 6.75. The molecule has 0 aliphatic rings. The number of carbonyl (C=O) groups is 2. The van der Waals surface area contributed by atoms with Crippen LogP contribution in [0.4, 0.5) is 5.82 Å². The molecular formula is C14H21ClN4O2. The fourth-order valence-electron chi connectivity index (χ4n) is 1.79. The first-order chi connectivity index (χ1) is 9.75. The number of rotatable bonds is 7. The van der Waals surface area contributed by atoms with Crippen molar-refractivity contribution in [2.45, 2.75) is 39.2 Å². The third kappa shape index (κ3) is 5.59. The molecule has 0 spiro atoms. The maximum atomic E-state index is 12.1. The SMILES string of the molecule is CCCNc1ncc(C(=O)NC(C)(C)CC(N)=O)cc1Cl. The van der Waals surface area contributed by atoms with E-state index in [9.17, 15) is 9.59 Å². The zero-order valence-electron chi connectivity index (χ0n) is 12.5. The van der Waals surface area contributed by atoms with Gasteiger partial charge in [0.1, 0.15) is 5.82 Å². The summed E-state index contributed by atoms with van der Waals surface area (Å²) in [6.45, 7) is 6.23. The van der Waals surface area contributed by atoms with Crippen molar-refractivity contribution >= 4 is 29.2 Å². The van der Waals surface area contributed by atoms with E-state index in [1.165, 1.54) is 6.20 Å². The summed E-state index contributed by atoms with van der Waals surface area (Å²) in [6.07, 6.45) is 2.44. The number of carbonyl (C=O) groups excluding carboxylic acids is 2. The van der Waals surface area contributed by atoms with E-state index in [-0.39, 0.29) is 12.3 Å². The molecule has 0 bridgehead atoms. The second kappa shape index (κ2) is 7.26. The Labute approximate surface area is 129 Å². The minimum absolute atomic E-state index is 0.0516. The van der Waals surface area contributed by atoms with E-state index in [1.807, 2.05) is 6.92 Å². The van der Waals surface area contributed by atoms with Crippen LogP contribution in [0.5, 0.6) is 0 Å². The Morgan fingerprint density at radius 1 is 1.43 bits per heavy atom. The highest BCUT2D eigenvalue weighted by Gasteiger charge is 2.24. The molecule has 1 heterocycles. The van der Waals surface area contributed by atoms with Gasteiger partial charge in [-0.3, -0.25) is 9.59 Å². The van der Waals surface area contributed by atoms with E-state index >= 15 is 0 Å². The molecule has 0 saturated carbocycles. The lowest BCUT2D eigenvalue weighted by molar-refractivity contribution is -0.119. The Kier molecular flexibility index (Phi) is 5.96. The number of anilines is 1. The van der Waals surface area contributed by atoms with Crippen molar-refractivity contribution in [1.82, 2.24) is 10.3 Å². The van der Waals surface area contributed by atoms with E-state index in [1.54, 1.807) is 19.9 Å². The van der Waals surface area contributed by atoms with Gasteiger partial charge in [-0.15, -0.1) is 0 Å². The fourth-order valence-corrected chi connectivity index (χ4v) is 2.03. The van der Waals surface area contributed by atoms with E-state index in [0.29, 0.717) is 16.4 Å². The van der Waals surface area contributed by atoms with Gasteiger partial charge in [0.25, 0.3) is 5.91 Å². The van der Waals surface area contributed by atoms with Crippen molar-refractivity contribution in [1.29, 1.82) is 0 Å². The maximum Gasteiger partial charge on any atom is 0.253 e. The largest absolute Gasteiger partial charge is 0.370 e. The predicted octanol–water partition coefficient (Wildman–Crippen LogP) is 1.94. The van der Waals surface area contributed by atoms with Crippen LogP contribution in [0.15, 0.2) is 12.3 Å². The molecule has 0 saturated heterocycles. The number of hydrogen-bond acceptors (Lipinski definition) is 4. The van der Waals surface area contributed by atoms with Crippen LogP contribution in [-0.2, 0) is 4.79 Å². The molecule has 1 rings (SSSR count). The molecule has 0 aromatic carbocycles. The Morgan fingerprint density at radius 2 is 2.10 bits per heavy atom. The number of halogens is 1. The predicted molar refractivity (Wildman–Crippen MR) is 83.4 cm³/mol. The quantitative estimate of drug-likeness (QED) is 0.716. The van der Waals surface area contributed by atoms with Crippen LogP contribution in [0.2, 0.25) is 5.02 Å². The number of nitrogens with two attached hydrogens (primary N) is 1. The molecule has 0 radical (unpaired) electrons. The number of aromatic nitrogens is 1. The summed E-state index contributed by atoms with van der Waals surface area (Å²) >= 11 is 6.09. The van der Waals surface area contributed by atoms with E-state index in [0.717, 1.165) is 13.0 Å².